The van der Waals surface area contributed by atoms with Gasteiger partial charge in [-0.3, -0.25) is 9.59 Å². The third-order valence-electron chi connectivity index (χ3n) is 5.83. The molecule has 1 aromatic heterocycles. The molecule has 0 radical (unpaired) electrons. The van der Waals surface area contributed by atoms with Crippen LogP contribution in [0.3, 0.4) is 0 Å². The van der Waals surface area contributed by atoms with Crippen molar-refractivity contribution >= 4 is 33.9 Å². The molecule has 0 spiro atoms. The first kappa shape index (κ1) is 25.9. The number of likely N-dealkylation sites (tertiary alicyclic amines) is 1. The molecule has 0 aromatic carbocycles. The van der Waals surface area contributed by atoms with Crippen molar-refractivity contribution in [3.05, 3.63) is 23.4 Å². The van der Waals surface area contributed by atoms with Crippen LogP contribution in [0.5, 0.6) is 0 Å². The molecule has 2 N–H and O–H groups in total. The van der Waals surface area contributed by atoms with Gasteiger partial charge in [0, 0.05) is 38.0 Å². The van der Waals surface area contributed by atoms with E-state index in [9.17, 15) is 36.3 Å². The fourth-order valence-corrected chi connectivity index (χ4v) is 4.73. The number of nitrogens with zero attached hydrogens (tertiary/aromatic N) is 3. The minimum absolute atomic E-state index is 0.245. The van der Waals surface area contributed by atoms with Gasteiger partial charge in [-0.1, -0.05) is 6.07 Å². The van der Waals surface area contributed by atoms with Gasteiger partial charge in [0.05, 0.1) is 12.2 Å². The lowest BCUT2D eigenvalue weighted by Gasteiger charge is -2.39. The maximum absolute atomic E-state index is 12.4. The summed E-state index contributed by atoms with van der Waals surface area (Å²) in [6.45, 7) is 1.81. The highest BCUT2D eigenvalue weighted by Gasteiger charge is 2.33. The largest absolute Gasteiger partial charge is 0.481 e. The average Bonchev–Trinajstić information content (AvgIpc) is 2.73. The molecule has 188 valence electrons. The van der Waals surface area contributed by atoms with E-state index in [1.165, 1.54) is 10.5 Å². The Labute approximate surface area is 195 Å². The van der Waals surface area contributed by atoms with Crippen molar-refractivity contribution in [3.63, 3.8) is 0 Å². The van der Waals surface area contributed by atoms with Crippen molar-refractivity contribution < 1.29 is 36.3 Å². The number of aromatic nitrogens is 1. The molecule has 2 aliphatic heterocycles. The fraction of sp³-hybridized carbons (Fsp3) is 0.619. The lowest BCUT2D eigenvalue weighted by molar-refractivity contribution is -0.145. The quantitative estimate of drug-likeness (QED) is 0.468. The van der Waals surface area contributed by atoms with Gasteiger partial charge in [0.15, 0.2) is 0 Å². The number of hydrogen-bond acceptors (Lipinski definition) is 6. The lowest BCUT2D eigenvalue weighted by Crippen LogP contribution is -2.50. The molecule has 1 fully saturated rings. The number of aliphatic carboxylic acids is 1. The van der Waals surface area contributed by atoms with Gasteiger partial charge in [-0.25, -0.2) is 13.4 Å². The molecule has 0 unspecified atom stereocenters. The first-order valence-electron chi connectivity index (χ1n) is 11.0. The molecule has 0 bridgehead atoms. The second-order valence-electron chi connectivity index (χ2n) is 8.60. The number of alkyl halides is 3. The number of carboxylic acid groups (broad SMARTS) is 1. The van der Waals surface area contributed by atoms with Crippen LogP contribution in [-0.2, 0) is 32.5 Å². The number of halogens is 3. The van der Waals surface area contributed by atoms with Gasteiger partial charge >= 0.3 is 12.1 Å². The maximum Gasteiger partial charge on any atom is 0.390 e. The summed E-state index contributed by atoms with van der Waals surface area (Å²) in [5.74, 6) is -3.60. The summed E-state index contributed by atoms with van der Waals surface area (Å²) in [5, 5.41) is 12.5. The first-order valence-corrected chi connectivity index (χ1v) is 12.6. The first-order chi connectivity index (χ1) is 15.9. The number of anilines is 1. The molecule has 3 rings (SSSR count). The Morgan fingerprint density at radius 3 is 2.74 bits per heavy atom. The van der Waals surface area contributed by atoms with Gasteiger partial charge in [0.1, 0.15) is 11.7 Å². The molecule has 13 heteroatoms. The zero-order valence-corrected chi connectivity index (χ0v) is 19.2. The highest BCUT2D eigenvalue weighted by Crippen LogP contribution is 2.25. The highest BCUT2D eigenvalue weighted by atomic mass is 32.2. The van der Waals surface area contributed by atoms with Crippen molar-refractivity contribution in [2.24, 2.45) is 16.2 Å². The van der Waals surface area contributed by atoms with Crippen molar-refractivity contribution in [1.29, 1.82) is 0 Å². The number of carbonyl (C=O) groups is 2. The molecule has 9 nitrogen and oxygen atoms in total. The number of amides is 1. The Hall–Kier alpha value is -2.70. The zero-order chi connectivity index (χ0) is 24.9. The summed E-state index contributed by atoms with van der Waals surface area (Å²) in [5.41, 5.74) is 2.17. The maximum atomic E-state index is 12.4. The Morgan fingerprint density at radius 2 is 2.06 bits per heavy atom. The predicted octanol–water partition coefficient (Wildman–Crippen LogP) is 2.27. The number of pyridine rings is 1. The van der Waals surface area contributed by atoms with Gasteiger partial charge in [-0.15, -0.1) is 0 Å². The molecule has 1 saturated heterocycles. The summed E-state index contributed by atoms with van der Waals surface area (Å²) < 4.78 is 62.9. The number of hydrogen-bond donors (Lipinski definition) is 2. The summed E-state index contributed by atoms with van der Waals surface area (Å²) in [6, 6.07) is 4.09. The van der Waals surface area contributed by atoms with Gasteiger partial charge in [-0.05, 0) is 43.2 Å². The van der Waals surface area contributed by atoms with Crippen LogP contribution in [0.1, 0.15) is 36.9 Å². The Balaban J connectivity index is 1.44. The van der Waals surface area contributed by atoms with Crippen LogP contribution in [0.25, 0.3) is 0 Å². The van der Waals surface area contributed by atoms with Crippen LogP contribution >= 0.6 is 0 Å². The van der Waals surface area contributed by atoms with E-state index in [4.69, 9.17) is 0 Å². The number of fused-ring (bicyclic) bond motifs is 1. The topological polar surface area (TPSA) is 129 Å². The predicted molar refractivity (Wildman–Crippen MR) is 118 cm³/mol. The third-order valence-corrected chi connectivity index (χ3v) is 6.99. The monoisotopic (exact) mass is 504 g/mol. The van der Waals surface area contributed by atoms with Crippen LogP contribution in [0.4, 0.5) is 19.0 Å². The van der Waals surface area contributed by atoms with Crippen molar-refractivity contribution in [2.45, 2.75) is 44.7 Å². The number of rotatable bonds is 10. The van der Waals surface area contributed by atoms with E-state index in [-0.39, 0.29) is 5.92 Å². The summed E-state index contributed by atoms with van der Waals surface area (Å²) in [7, 11) is -4.49. The number of sulfonamides is 1. The Bertz CT molecular complexity index is 1040. The molecule has 1 atom stereocenters. The van der Waals surface area contributed by atoms with E-state index in [0.29, 0.717) is 19.3 Å². The molecule has 1 amide bonds. The normalized spacial score (nSPS) is 17.7. The van der Waals surface area contributed by atoms with Crippen LogP contribution in [-0.4, -0.2) is 73.1 Å². The van der Waals surface area contributed by atoms with Gasteiger partial charge < -0.3 is 15.3 Å². The van der Waals surface area contributed by atoms with Crippen molar-refractivity contribution in [1.82, 2.24) is 9.88 Å². The van der Waals surface area contributed by atoms with Gasteiger partial charge in [-0.2, -0.15) is 17.6 Å². The number of carboxylic acids is 1. The second kappa shape index (κ2) is 10.7. The van der Waals surface area contributed by atoms with E-state index in [1.807, 2.05) is 6.07 Å². The standard InChI is InChI=1S/C21H27F3N4O5S/c22-21(23,24)7-9-34(32,33)26-11-16(20(30)31)10-18(29)28-12-14(13-28)3-5-17-6-4-15-2-1-8-25-19(15)27-17/h4,6,11,14,16H,1-3,5,7-10,12-13H2,(H,25,27)(H,30,31)/b26-11+/t16-/m1/s1. The van der Waals surface area contributed by atoms with Gasteiger partial charge in [0.2, 0.25) is 5.91 Å². The van der Waals surface area contributed by atoms with E-state index < -0.39 is 52.6 Å². The SMILES string of the molecule is O=C(O)[C@@H](/C=N/S(=O)(=O)CCC(F)(F)F)CC(=O)N1CC(CCc2ccc3c(n2)NCCC3)C1. The molecule has 34 heavy (non-hydrogen) atoms. The summed E-state index contributed by atoms with van der Waals surface area (Å²) in [4.78, 5) is 29.9. The molecule has 2 aliphatic rings. The highest BCUT2D eigenvalue weighted by molar-refractivity contribution is 7.90. The molecule has 0 saturated carbocycles. The van der Waals surface area contributed by atoms with E-state index in [2.05, 4.69) is 20.8 Å². The molecular formula is C21H27F3N4O5S. The van der Waals surface area contributed by atoms with E-state index in [1.54, 1.807) is 0 Å². The van der Waals surface area contributed by atoms with Crippen molar-refractivity contribution in [3.8, 4) is 0 Å². The van der Waals surface area contributed by atoms with E-state index in [0.717, 1.165) is 43.7 Å². The Kier molecular flexibility index (Phi) is 8.16. The summed E-state index contributed by atoms with van der Waals surface area (Å²) >= 11 is 0. The van der Waals surface area contributed by atoms with Crippen molar-refractivity contribution in [2.75, 3.05) is 30.7 Å². The van der Waals surface area contributed by atoms with Crippen LogP contribution in [0.15, 0.2) is 16.5 Å². The lowest BCUT2D eigenvalue weighted by atomic mass is 9.92. The zero-order valence-electron chi connectivity index (χ0n) is 18.4. The second-order valence-corrected chi connectivity index (χ2v) is 10.4. The number of aryl methyl sites for hydroxylation is 2. The van der Waals surface area contributed by atoms with Crippen LogP contribution in [0, 0.1) is 11.8 Å². The Morgan fingerprint density at radius 1 is 1.32 bits per heavy atom. The molecular weight excluding hydrogens is 477 g/mol. The smallest absolute Gasteiger partial charge is 0.390 e. The minimum atomic E-state index is -4.67. The summed E-state index contributed by atoms with van der Waals surface area (Å²) in [6.07, 6.45) is -2.59. The fourth-order valence-electron chi connectivity index (χ4n) is 3.80. The number of nitrogens with one attached hydrogen (secondary N) is 1. The molecule has 3 heterocycles. The average molecular weight is 505 g/mol. The van der Waals surface area contributed by atoms with Gasteiger partial charge in [0.25, 0.3) is 10.0 Å². The minimum Gasteiger partial charge on any atom is -0.481 e. The molecule has 0 aliphatic carbocycles. The molecule has 1 aromatic rings. The van der Waals surface area contributed by atoms with Crippen LogP contribution < -0.4 is 5.32 Å². The van der Waals surface area contributed by atoms with Crippen LogP contribution in [0.2, 0.25) is 0 Å². The number of carbonyl (C=O) groups excluding carboxylic acids is 1. The third kappa shape index (κ3) is 7.67. The van der Waals surface area contributed by atoms with E-state index >= 15 is 0 Å².